The lowest BCUT2D eigenvalue weighted by molar-refractivity contribution is -0.131. The highest BCUT2D eigenvalue weighted by atomic mass is 16.4. The molecule has 0 atom stereocenters. The van der Waals surface area contributed by atoms with Gasteiger partial charge in [0.2, 0.25) is 11.8 Å². The van der Waals surface area contributed by atoms with Crippen molar-refractivity contribution in [1.29, 1.82) is 0 Å². The van der Waals surface area contributed by atoms with Gasteiger partial charge in [-0.3, -0.25) is 14.4 Å². The van der Waals surface area contributed by atoms with Gasteiger partial charge < -0.3 is 13.9 Å². The van der Waals surface area contributed by atoms with E-state index < -0.39 is 0 Å². The highest BCUT2D eigenvalue weighted by Crippen LogP contribution is 2.20. The van der Waals surface area contributed by atoms with Crippen molar-refractivity contribution < 1.29 is 9.21 Å². The van der Waals surface area contributed by atoms with Gasteiger partial charge in [-0.05, 0) is 38.5 Å². The predicted molar refractivity (Wildman–Crippen MR) is 107 cm³/mol. The number of hydrogen-bond acceptors (Lipinski definition) is 6. The Morgan fingerprint density at radius 1 is 1.10 bits per heavy atom. The van der Waals surface area contributed by atoms with Crippen molar-refractivity contribution >= 4 is 5.91 Å². The van der Waals surface area contributed by atoms with Gasteiger partial charge in [0.25, 0.3) is 5.89 Å². The lowest BCUT2D eigenvalue weighted by Crippen LogP contribution is -2.37. The van der Waals surface area contributed by atoms with Gasteiger partial charge in [-0.1, -0.05) is 0 Å². The van der Waals surface area contributed by atoms with Gasteiger partial charge >= 0.3 is 0 Å². The van der Waals surface area contributed by atoms with Crippen molar-refractivity contribution in [2.75, 3.05) is 26.2 Å². The summed E-state index contributed by atoms with van der Waals surface area (Å²) < 4.78 is 9.62. The van der Waals surface area contributed by atoms with E-state index in [0.29, 0.717) is 24.9 Å². The molecule has 4 heterocycles. The van der Waals surface area contributed by atoms with Crippen LogP contribution in [0.1, 0.15) is 23.7 Å². The van der Waals surface area contributed by atoms with Crippen LogP contribution in [0.5, 0.6) is 0 Å². The van der Waals surface area contributed by atoms with Crippen LogP contribution < -0.4 is 0 Å². The third-order valence-corrected chi connectivity index (χ3v) is 5.43. The van der Waals surface area contributed by atoms with Crippen LogP contribution >= 0.6 is 0 Å². The summed E-state index contributed by atoms with van der Waals surface area (Å²) in [6, 6.07) is 5.93. The minimum absolute atomic E-state index is 0.106. The quantitative estimate of drug-likeness (QED) is 0.650. The molecule has 0 spiro atoms. The number of carbonyl (C=O) groups is 1. The molecule has 1 aliphatic heterocycles. The van der Waals surface area contributed by atoms with Crippen molar-refractivity contribution in [3.63, 3.8) is 0 Å². The molecule has 0 saturated carbocycles. The largest absolute Gasteiger partial charge is 0.418 e. The summed E-state index contributed by atoms with van der Waals surface area (Å²) in [5.74, 6) is 1.25. The Morgan fingerprint density at radius 3 is 2.69 bits per heavy atom. The second-order valence-corrected chi connectivity index (χ2v) is 7.59. The molecule has 1 fully saturated rings. The first-order valence-corrected chi connectivity index (χ1v) is 9.95. The third kappa shape index (κ3) is 4.40. The maximum atomic E-state index is 12.6. The maximum Gasteiger partial charge on any atom is 0.264 e. The Morgan fingerprint density at radius 2 is 1.97 bits per heavy atom. The van der Waals surface area contributed by atoms with E-state index in [1.54, 1.807) is 4.68 Å². The summed E-state index contributed by atoms with van der Waals surface area (Å²) in [6.45, 7) is 7.97. The van der Waals surface area contributed by atoms with E-state index in [2.05, 4.69) is 20.2 Å². The average molecular weight is 397 g/mol. The van der Waals surface area contributed by atoms with Gasteiger partial charge in [0.05, 0.1) is 12.2 Å². The number of nitrogens with zero attached hydrogens (tertiary/aromatic N) is 7. The first-order chi connectivity index (χ1) is 14.0. The average Bonchev–Trinajstić information content (AvgIpc) is 3.34. The fourth-order valence-electron chi connectivity index (χ4n) is 3.61. The Balaban J connectivity index is 1.33. The molecule has 1 saturated heterocycles. The second kappa shape index (κ2) is 8.20. The van der Waals surface area contributed by atoms with Crippen LogP contribution in [-0.4, -0.2) is 66.4 Å². The number of amides is 1. The van der Waals surface area contributed by atoms with Crippen molar-refractivity contribution in [3.8, 4) is 11.6 Å². The molecule has 0 N–H and O–H groups in total. The Hall–Kier alpha value is -2.94. The summed E-state index contributed by atoms with van der Waals surface area (Å²) >= 11 is 0. The molecule has 3 aromatic heterocycles. The summed E-state index contributed by atoms with van der Waals surface area (Å²) in [5, 5.41) is 12.7. The number of carbonyl (C=O) groups excluding carboxylic acids is 1. The van der Waals surface area contributed by atoms with Crippen LogP contribution in [0.3, 0.4) is 0 Å². The van der Waals surface area contributed by atoms with E-state index in [9.17, 15) is 4.79 Å². The second-order valence-electron chi connectivity index (χ2n) is 7.59. The van der Waals surface area contributed by atoms with Crippen LogP contribution in [0.15, 0.2) is 28.8 Å². The zero-order chi connectivity index (χ0) is 20.4. The smallest absolute Gasteiger partial charge is 0.264 e. The number of aryl methyl sites for hydroxylation is 2. The van der Waals surface area contributed by atoms with Crippen molar-refractivity contribution in [2.24, 2.45) is 7.05 Å². The summed E-state index contributed by atoms with van der Waals surface area (Å²) in [6.07, 6.45) is 2.76. The third-order valence-electron chi connectivity index (χ3n) is 5.43. The fraction of sp³-hybridized carbons (Fsp3) is 0.500. The molecule has 9 heteroatoms. The summed E-state index contributed by atoms with van der Waals surface area (Å²) in [4.78, 5) is 16.8. The standard InChI is InChI=1S/C20H27N7O2/c1-15-7-10-27(23-15)14-19(28)26-9-4-8-25(11-12-26)13-18-21-22-20(29-18)17-6-5-16(2)24(17)3/h5-7,10H,4,8-9,11-14H2,1-3H3. The summed E-state index contributed by atoms with van der Waals surface area (Å²) in [7, 11) is 1.99. The Kier molecular flexibility index (Phi) is 5.48. The molecule has 1 aliphatic rings. The summed E-state index contributed by atoms with van der Waals surface area (Å²) in [5.41, 5.74) is 2.98. The van der Waals surface area contributed by atoms with Gasteiger partial charge in [-0.15, -0.1) is 10.2 Å². The lowest BCUT2D eigenvalue weighted by atomic mass is 10.3. The maximum absolute atomic E-state index is 12.6. The Bertz CT molecular complexity index is 987. The van der Waals surface area contributed by atoms with Crippen LogP contribution in [-0.2, 0) is 24.9 Å². The molecule has 0 aromatic carbocycles. The van der Waals surface area contributed by atoms with Gasteiger partial charge in [0.1, 0.15) is 12.2 Å². The Labute approximate surface area is 169 Å². The molecule has 0 radical (unpaired) electrons. The van der Waals surface area contributed by atoms with E-state index in [0.717, 1.165) is 43.1 Å². The van der Waals surface area contributed by atoms with E-state index in [4.69, 9.17) is 4.42 Å². The molecular formula is C20H27N7O2. The van der Waals surface area contributed by atoms with Gasteiger partial charge in [0, 0.05) is 45.1 Å². The minimum atomic E-state index is 0.106. The van der Waals surface area contributed by atoms with E-state index in [1.165, 1.54) is 0 Å². The fourth-order valence-corrected chi connectivity index (χ4v) is 3.61. The van der Waals surface area contributed by atoms with Crippen LogP contribution in [0, 0.1) is 13.8 Å². The van der Waals surface area contributed by atoms with Crippen LogP contribution in [0.25, 0.3) is 11.6 Å². The first-order valence-electron chi connectivity index (χ1n) is 9.95. The minimum Gasteiger partial charge on any atom is -0.418 e. The molecule has 3 aromatic rings. The van der Waals surface area contributed by atoms with Gasteiger partial charge in [-0.25, -0.2) is 0 Å². The molecule has 9 nitrogen and oxygen atoms in total. The van der Waals surface area contributed by atoms with E-state index >= 15 is 0 Å². The monoisotopic (exact) mass is 397 g/mol. The van der Waals surface area contributed by atoms with Gasteiger partial charge in [0.15, 0.2) is 0 Å². The zero-order valence-corrected chi connectivity index (χ0v) is 17.2. The van der Waals surface area contributed by atoms with Crippen LogP contribution in [0.2, 0.25) is 0 Å². The van der Waals surface area contributed by atoms with E-state index in [-0.39, 0.29) is 12.5 Å². The highest BCUT2D eigenvalue weighted by Gasteiger charge is 2.21. The first kappa shape index (κ1) is 19.4. The lowest BCUT2D eigenvalue weighted by Gasteiger charge is -2.21. The van der Waals surface area contributed by atoms with Gasteiger partial charge in [-0.2, -0.15) is 5.10 Å². The SMILES string of the molecule is Cc1ccn(CC(=O)N2CCCN(Cc3nnc(-c4ccc(C)n4C)o3)CC2)n1. The topological polar surface area (TPSA) is 85.2 Å². The van der Waals surface area contributed by atoms with Crippen LogP contribution in [0.4, 0.5) is 0 Å². The molecule has 29 heavy (non-hydrogen) atoms. The van der Waals surface area contributed by atoms with E-state index in [1.807, 2.05) is 54.8 Å². The van der Waals surface area contributed by atoms with Crippen molar-refractivity contribution in [3.05, 3.63) is 41.7 Å². The number of aromatic nitrogens is 5. The molecule has 0 unspecified atom stereocenters. The molecule has 1 amide bonds. The highest BCUT2D eigenvalue weighted by molar-refractivity contribution is 5.75. The molecule has 0 bridgehead atoms. The zero-order valence-electron chi connectivity index (χ0n) is 17.2. The normalized spacial score (nSPS) is 15.6. The van der Waals surface area contributed by atoms with Crippen molar-refractivity contribution in [2.45, 2.75) is 33.4 Å². The number of hydrogen-bond donors (Lipinski definition) is 0. The molecule has 154 valence electrons. The number of rotatable bonds is 5. The predicted octanol–water partition coefficient (Wildman–Crippen LogP) is 1.62. The molecule has 0 aliphatic carbocycles. The van der Waals surface area contributed by atoms with Crippen molar-refractivity contribution in [1.82, 2.24) is 34.3 Å². The molecule has 4 rings (SSSR count). The molecular weight excluding hydrogens is 370 g/mol.